The Morgan fingerprint density at radius 3 is 2.52 bits per heavy atom. The third kappa shape index (κ3) is 5.85. The van der Waals surface area contributed by atoms with Crippen LogP contribution in [-0.4, -0.2) is 35.4 Å². The number of ether oxygens (including phenoxy) is 1. The second kappa shape index (κ2) is 9.78. The number of amides is 2. The van der Waals surface area contributed by atoms with E-state index in [1.807, 2.05) is 0 Å². The molecule has 2 aromatic rings. The van der Waals surface area contributed by atoms with Gasteiger partial charge in [0.2, 0.25) is 0 Å². The molecule has 0 unspecified atom stereocenters. The minimum absolute atomic E-state index is 0.0463. The number of benzene rings is 1. The molecule has 0 aliphatic rings. The number of hydrogen-bond donors (Lipinski definition) is 2. The molecule has 0 spiro atoms. The standard InChI is InChI=1S/C19H21N3O6S/c1-11(2)16(21-18(24)14-8-5-9-29-14)19(25)28-10-15(23)20-17-12(3)6-4-7-13(17)22(26)27/h4-9,11,16H,10H2,1-3H3,(H,20,23)(H,21,24)/t16-/m1/s1. The summed E-state index contributed by atoms with van der Waals surface area (Å²) < 4.78 is 5.03. The summed E-state index contributed by atoms with van der Waals surface area (Å²) in [5.41, 5.74) is 0.292. The molecule has 9 nitrogen and oxygen atoms in total. The van der Waals surface area contributed by atoms with E-state index in [1.165, 1.54) is 23.5 Å². The average Bonchev–Trinajstić information content (AvgIpc) is 3.20. The molecule has 0 fully saturated rings. The van der Waals surface area contributed by atoms with Crippen molar-refractivity contribution in [3.63, 3.8) is 0 Å². The second-order valence-corrected chi connectivity index (χ2v) is 7.50. The second-order valence-electron chi connectivity index (χ2n) is 6.55. The van der Waals surface area contributed by atoms with E-state index in [2.05, 4.69) is 10.6 Å². The highest BCUT2D eigenvalue weighted by Gasteiger charge is 2.27. The fourth-order valence-electron chi connectivity index (χ4n) is 2.49. The minimum Gasteiger partial charge on any atom is -0.454 e. The van der Waals surface area contributed by atoms with Crippen molar-refractivity contribution in [1.82, 2.24) is 5.32 Å². The van der Waals surface area contributed by atoms with Gasteiger partial charge < -0.3 is 15.4 Å². The predicted octanol–water partition coefficient (Wildman–Crippen LogP) is 2.90. The molecule has 2 amide bonds. The maximum Gasteiger partial charge on any atom is 0.329 e. The summed E-state index contributed by atoms with van der Waals surface area (Å²) in [7, 11) is 0. The Bertz CT molecular complexity index is 911. The largest absolute Gasteiger partial charge is 0.454 e. The molecule has 1 aromatic heterocycles. The first-order valence-corrected chi connectivity index (χ1v) is 9.63. The smallest absolute Gasteiger partial charge is 0.329 e. The number of aryl methyl sites for hydroxylation is 1. The number of nitro groups is 1. The third-order valence-electron chi connectivity index (χ3n) is 4.01. The number of anilines is 1. The topological polar surface area (TPSA) is 128 Å². The summed E-state index contributed by atoms with van der Waals surface area (Å²) in [6, 6.07) is 6.80. The highest BCUT2D eigenvalue weighted by molar-refractivity contribution is 7.12. The van der Waals surface area contributed by atoms with Crippen LogP contribution < -0.4 is 10.6 Å². The summed E-state index contributed by atoms with van der Waals surface area (Å²) in [5.74, 6) is -2.16. The molecule has 1 aromatic carbocycles. The molecule has 29 heavy (non-hydrogen) atoms. The number of hydrogen-bond acceptors (Lipinski definition) is 7. The first-order valence-electron chi connectivity index (χ1n) is 8.75. The molecule has 0 radical (unpaired) electrons. The quantitative estimate of drug-likeness (QED) is 0.385. The maximum absolute atomic E-state index is 12.4. The number of esters is 1. The van der Waals surface area contributed by atoms with Crippen molar-refractivity contribution in [1.29, 1.82) is 0 Å². The lowest BCUT2D eigenvalue weighted by Crippen LogP contribution is -2.45. The number of nitrogens with one attached hydrogen (secondary N) is 2. The normalized spacial score (nSPS) is 11.6. The van der Waals surface area contributed by atoms with E-state index in [1.54, 1.807) is 44.4 Å². The molecule has 10 heteroatoms. The van der Waals surface area contributed by atoms with Gasteiger partial charge >= 0.3 is 5.97 Å². The van der Waals surface area contributed by atoms with Gasteiger partial charge in [-0.2, -0.15) is 0 Å². The molecule has 1 heterocycles. The van der Waals surface area contributed by atoms with Gasteiger partial charge in [0.05, 0.1) is 9.80 Å². The van der Waals surface area contributed by atoms with Crippen molar-refractivity contribution in [2.24, 2.45) is 5.92 Å². The Morgan fingerprint density at radius 1 is 1.21 bits per heavy atom. The molecule has 0 aliphatic carbocycles. The van der Waals surface area contributed by atoms with E-state index in [0.29, 0.717) is 10.4 Å². The fourth-order valence-corrected chi connectivity index (χ4v) is 3.11. The van der Waals surface area contributed by atoms with Crippen LogP contribution in [0.2, 0.25) is 0 Å². The van der Waals surface area contributed by atoms with Crippen LogP contribution in [0, 0.1) is 23.0 Å². The predicted molar refractivity (Wildman–Crippen MR) is 108 cm³/mol. The van der Waals surface area contributed by atoms with Gasteiger partial charge in [0.1, 0.15) is 11.7 Å². The van der Waals surface area contributed by atoms with E-state index < -0.39 is 35.4 Å². The van der Waals surface area contributed by atoms with Gasteiger partial charge in [-0.25, -0.2) is 4.79 Å². The molecule has 2 rings (SSSR count). The van der Waals surface area contributed by atoms with Crippen LogP contribution in [0.5, 0.6) is 0 Å². The van der Waals surface area contributed by atoms with Gasteiger partial charge in [0.25, 0.3) is 17.5 Å². The van der Waals surface area contributed by atoms with Crippen molar-refractivity contribution in [3.05, 3.63) is 56.3 Å². The van der Waals surface area contributed by atoms with Gasteiger partial charge in [0, 0.05) is 6.07 Å². The van der Waals surface area contributed by atoms with Crippen molar-refractivity contribution < 1.29 is 24.0 Å². The van der Waals surface area contributed by atoms with E-state index in [4.69, 9.17) is 4.74 Å². The number of nitro benzene ring substituents is 1. The molecular formula is C19H21N3O6S. The van der Waals surface area contributed by atoms with Crippen LogP contribution in [0.3, 0.4) is 0 Å². The highest BCUT2D eigenvalue weighted by atomic mass is 32.1. The lowest BCUT2D eigenvalue weighted by atomic mass is 10.0. The molecule has 0 bridgehead atoms. The van der Waals surface area contributed by atoms with E-state index >= 15 is 0 Å². The van der Waals surface area contributed by atoms with Crippen molar-refractivity contribution >= 4 is 40.5 Å². The van der Waals surface area contributed by atoms with Gasteiger partial charge in [-0.1, -0.05) is 32.0 Å². The Balaban J connectivity index is 1.99. The van der Waals surface area contributed by atoms with E-state index in [-0.39, 0.29) is 17.3 Å². The van der Waals surface area contributed by atoms with Gasteiger partial charge in [-0.05, 0) is 29.9 Å². The van der Waals surface area contributed by atoms with Crippen LogP contribution in [0.4, 0.5) is 11.4 Å². The zero-order chi connectivity index (χ0) is 21.6. The van der Waals surface area contributed by atoms with Gasteiger partial charge in [-0.3, -0.25) is 19.7 Å². The van der Waals surface area contributed by atoms with Gasteiger partial charge in [-0.15, -0.1) is 11.3 Å². The number of rotatable bonds is 8. The van der Waals surface area contributed by atoms with E-state index in [9.17, 15) is 24.5 Å². The summed E-state index contributed by atoms with van der Waals surface area (Å²) in [5, 5.41) is 17.9. The zero-order valence-corrected chi connectivity index (χ0v) is 16.9. The number of thiophene rings is 1. The molecule has 0 aliphatic heterocycles. The monoisotopic (exact) mass is 419 g/mol. The SMILES string of the molecule is Cc1cccc([N+](=O)[O-])c1NC(=O)COC(=O)[C@H](NC(=O)c1cccs1)C(C)C. The van der Waals surface area contributed by atoms with Crippen LogP contribution in [0.1, 0.15) is 29.1 Å². The lowest BCUT2D eigenvalue weighted by Gasteiger charge is -2.20. The number of para-hydroxylation sites is 1. The van der Waals surface area contributed by atoms with E-state index in [0.717, 1.165) is 0 Å². The minimum atomic E-state index is -0.940. The van der Waals surface area contributed by atoms with Gasteiger partial charge in [0.15, 0.2) is 6.61 Å². The van der Waals surface area contributed by atoms with Crippen molar-refractivity contribution in [2.75, 3.05) is 11.9 Å². The molecule has 154 valence electrons. The van der Waals surface area contributed by atoms with Crippen LogP contribution in [0.25, 0.3) is 0 Å². The first kappa shape index (κ1) is 22.0. The Hall–Kier alpha value is -3.27. The Kier molecular flexibility index (Phi) is 7.43. The maximum atomic E-state index is 12.4. The summed E-state index contributed by atoms with van der Waals surface area (Å²) >= 11 is 1.24. The highest BCUT2D eigenvalue weighted by Crippen LogP contribution is 2.27. The summed E-state index contributed by atoms with van der Waals surface area (Å²) in [6.45, 7) is 4.45. The Morgan fingerprint density at radius 2 is 1.93 bits per heavy atom. The number of carbonyl (C=O) groups excluding carboxylic acids is 3. The average molecular weight is 419 g/mol. The summed E-state index contributed by atoms with van der Waals surface area (Å²) in [4.78, 5) is 47.7. The molecule has 1 atom stereocenters. The van der Waals surface area contributed by atoms with Crippen molar-refractivity contribution in [3.8, 4) is 0 Å². The number of nitrogens with zero attached hydrogens (tertiary/aromatic N) is 1. The Labute approximate surface area is 171 Å². The first-order chi connectivity index (χ1) is 13.7. The molecule has 2 N–H and O–H groups in total. The fraction of sp³-hybridized carbons (Fsp3) is 0.316. The number of carbonyl (C=O) groups is 3. The molecular weight excluding hydrogens is 398 g/mol. The van der Waals surface area contributed by atoms with Crippen molar-refractivity contribution in [2.45, 2.75) is 26.8 Å². The van der Waals surface area contributed by atoms with Crippen LogP contribution in [0.15, 0.2) is 35.7 Å². The third-order valence-corrected chi connectivity index (χ3v) is 4.88. The zero-order valence-electron chi connectivity index (χ0n) is 16.1. The molecule has 0 saturated carbocycles. The lowest BCUT2D eigenvalue weighted by molar-refractivity contribution is -0.384. The molecule has 0 saturated heterocycles. The summed E-state index contributed by atoms with van der Waals surface area (Å²) in [6.07, 6.45) is 0. The van der Waals surface area contributed by atoms with Crippen LogP contribution >= 0.6 is 11.3 Å². The van der Waals surface area contributed by atoms with Crippen LogP contribution in [-0.2, 0) is 14.3 Å².